The molecule has 6 nitrogen and oxygen atoms in total. The van der Waals surface area contributed by atoms with E-state index in [4.69, 9.17) is 4.74 Å². The molecule has 1 aromatic carbocycles. The van der Waals surface area contributed by atoms with Crippen molar-refractivity contribution in [3.05, 3.63) is 43.0 Å². The Labute approximate surface area is 123 Å². The number of amides is 1. The van der Waals surface area contributed by atoms with Crippen molar-refractivity contribution in [3.8, 4) is 5.69 Å². The maximum absolute atomic E-state index is 12.2. The van der Waals surface area contributed by atoms with Gasteiger partial charge in [-0.2, -0.15) is 0 Å². The van der Waals surface area contributed by atoms with Gasteiger partial charge in [-0.25, -0.2) is 4.98 Å². The average molecular weight is 286 g/mol. The van der Waals surface area contributed by atoms with Crippen molar-refractivity contribution >= 4 is 11.6 Å². The van der Waals surface area contributed by atoms with Crippen LogP contribution >= 0.6 is 0 Å². The predicted molar refractivity (Wildman–Crippen MR) is 79.4 cm³/mol. The van der Waals surface area contributed by atoms with Gasteiger partial charge >= 0.3 is 0 Å². The lowest BCUT2D eigenvalue weighted by atomic mass is 10.1. The topological polar surface area (TPSA) is 68.2 Å². The highest BCUT2D eigenvalue weighted by Gasteiger charge is 2.28. The van der Waals surface area contributed by atoms with Gasteiger partial charge in [-0.05, 0) is 31.2 Å². The molecule has 0 saturated carbocycles. The van der Waals surface area contributed by atoms with Crippen LogP contribution in [0.4, 0.5) is 5.69 Å². The van der Waals surface area contributed by atoms with Crippen molar-refractivity contribution in [2.24, 2.45) is 0 Å². The van der Waals surface area contributed by atoms with Gasteiger partial charge in [0.1, 0.15) is 6.04 Å². The molecule has 1 aliphatic rings. The molecule has 1 aromatic heterocycles. The summed E-state index contributed by atoms with van der Waals surface area (Å²) in [4.78, 5) is 16.2. The smallest absolute Gasteiger partial charge is 0.244 e. The minimum atomic E-state index is -0.313. The number of hydrogen-bond donors (Lipinski definition) is 2. The van der Waals surface area contributed by atoms with Crippen molar-refractivity contribution in [1.82, 2.24) is 14.9 Å². The summed E-state index contributed by atoms with van der Waals surface area (Å²) in [5, 5.41) is 6.08. The van der Waals surface area contributed by atoms with E-state index in [1.165, 1.54) is 0 Å². The maximum atomic E-state index is 12.2. The molecular formula is C15H18N4O2. The molecule has 2 atom stereocenters. The van der Waals surface area contributed by atoms with Crippen LogP contribution in [-0.4, -0.2) is 40.8 Å². The second kappa shape index (κ2) is 6.07. The SMILES string of the molecule is C[C@H]1OCCN[C@@H]1C(=O)Nc1ccc(-n2ccnc2)cc1. The zero-order valence-corrected chi connectivity index (χ0v) is 11.8. The summed E-state index contributed by atoms with van der Waals surface area (Å²) in [7, 11) is 0. The first-order valence-corrected chi connectivity index (χ1v) is 6.98. The summed E-state index contributed by atoms with van der Waals surface area (Å²) >= 11 is 0. The lowest BCUT2D eigenvalue weighted by Gasteiger charge is -2.29. The van der Waals surface area contributed by atoms with Gasteiger partial charge in [0.2, 0.25) is 5.91 Å². The van der Waals surface area contributed by atoms with Gasteiger partial charge in [0.15, 0.2) is 0 Å². The number of aromatic nitrogens is 2. The molecule has 2 aromatic rings. The van der Waals surface area contributed by atoms with Crippen LogP contribution in [0.25, 0.3) is 5.69 Å². The Kier molecular flexibility index (Phi) is 3.98. The number of imidazole rings is 1. The van der Waals surface area contributed by atoms with Crippen LogP contribution in [0.2, 0.25) is 0 Å². The fourth-order valence-corrected chi connectivity index (χ4v) is 2.38. The second-order valence-corrected chi connectivity index (χ2v) is 5.01. The van der Waals surface area contributed by atoms with Crippen LogP contribution < -0.4 is 10.6 Å². The lowest BCUT2D eigenvalue weighted by Crippen LogP contribution is -2.53. The van der Waals surface area contributed by atoms with Gasteiger partial charge in [0.05, 0.1) is 19.0 Å². The van der Waals surface area contributed by atoms with E-state index in [9.17, 15) is 4.79 Å². The normalized spacial score (nSPS) is 22.0. The second-order valence-electron chi connectivity index (χ2n) is 5.01. The summed E-state index contributed by atoms with van der Waals surface area (Å²) in [6.45, 7) is 3.24. The molecule has 0 radical (unpaired) electrons. The van der Waals surface area contributed by atoms with E-state index < -0.39 is 0 Å². The molecule has 2 heterocycles. The Hall–Kier alpha value is -2.18. The first kappa shape index (κ1) is 13.8. The third-order valence-electron chi connectivity index (χ3n) is 3.54. The van der Waals surface area contributed by atoms with E-state index in [1.54, 1.807) is 12.5 Å². The molecule has 0 unspecified atom stereocenters. The molecule has 0 bridgehead atoms. The summed E-state index contributed by atoms with van der Waals surface area (Å²) < 4.78 is 7.39. The van der Waals surface area contributed by atoms with Crippen LogP contribution in [0, 0.1) is 0 Å². The summed E-state index contributed by atoms with van der Waals surface area (Å²) in [6.07, 6.45) is 5.21. The van der Waals surface area contributed by atoms with Crippen LogP contribution in [0.15, 0.2) is 43.0 Å². The van der Waals surface area contributed by atoms with Crippen LogP contribution in [0.1, 0.15) is 6.92 Å². The molecule has 21 heavy (non-hydrogen) atoms. The monoisotopic (exact) mass is 286 g/mol. The van der Waals surface area contributed by atoms with Crippen LogP contribution in [-0.2, 0) is 9.53 Å². The molecule has 3 rings (SSSR count). The number of nitrogens with zero attached hydrogens (tertiary/aromatic N) is 2. The van der Waals surface area contributed by atoms with Gasteiger partial charge < -0.3 is 19.9 Å². The van der Waals surface area contributed by atoms with E-state index in [2.05, 4.69) is 15.6 Å². The molecule has 1 amide bonds. The Morgan fingerprint density at radius 2 is 2.24 bits per heavy atom. The molecule has 6 heteroatoms. The molecule has 0 aliphatic carbocycles. The largest absolute Gasteiger partial charge is 0.375 e. The van der Waals surface area contributed by atoms with Crippen LogP contribution in [0.5, 0.6) is 0 Å². The van der Waals surface area contributed by atoms with Gasteiger partial charge in [-0.15, -0.1) is 0 Å². The number of ether oxygens (including phenoxy) is 1. The van der Waals surface area contributed by atoms with E-state index in [0.29, 0.717) is 13.2 Å². The van der Waals surface area contributed by atoms with Crippen molar-refractivity contribution in [3.63, 3.8) is 0 Å². The van der Waals surface area contributed by atoms with E-state index >= 15 is 0 Å². The summed E-state index contributed by atoms with van der Waals surface area (Å²) in [6, 6.07) is 7.31. The number of rotatable bonds is 3. The standard InChI is InChI=1S/C15H18N4O2/c1-11-14(17-7-9-21-11)15(20)18-12-2-4-13(5-3-12)19-8-6-16-10-19/h2-6,8,10-11,14,17H,7,9H2,1H3,(H,18,20)/t11-,14+/m1/s1. The van der Waals surface area contributed by atoms with Crippen molar-refractivity contribution in [1.29, 1.82) is 0 Å². The minimum absolute atomic E-state index is 0.0717. The van der Waals surface area contributed by atoms with E-state index in [1.807, 2.05) is 42.0 Å². The highest BCUT2D eigenvalue weighted by atomic mass is 16.5. The average Bonchev–Trinajstić information content (AvgIpc) is 3.02. The van der Waals surface area contributed by atoms with Crippen LogP contribution in [0.3, 0.4) is 0 Å². The number of anilines is 1. The molecule has 1 aliphatic heterocycles. The van der Waals surface area contributed by atoms with Gasteiger partial charge in [-0.1, -0.05) is 0 Å². The zero-order chi connectivity index (χ0) is 14.7. The first-order valence-electron chi connectivity index (χ1n) is 6.98. The number of carbonyl (C=O) groups is 1. The van der Waals surface area contributed by atoms with Gasteiger partial charge in [0, 0.05) is 30.3 Å². The molecule has 110 valence electrons. The third kappa shape index (κ3) is 3.12. The number of hydrogen-bond acceptors (Lipinski definition) is 4. The molecule has 1 saturated heterocycles. The lowest BCUT2D eigenvalue weighted by molar-refractivity contribution is -0.123. The zero-order valence-electron chi connectivity index (χ0n) is 11.8. The highest BCUT2D eigenvalue weighted by Crippen LogP contribution is 2.14. The third-order valence-corrected chi connectivity index (χ3v) is 3.54. The number of carbonyl (C=O) groups excluding carboxylic acids is 1. The Balaban J connectivity index is 1.66. The van der Waals surface area contributed by atoms with Crippen molar-refractivity contribution < 1.29 is 9.53 Å². The number of morpholine rings is 1. The Morgan fingerprint density at radius 1 is 1.43 bits per heavy atom. The van der Waals surface area contributed by atoms with Gasteiger partial charge in [0.25, 0.3) is 0 Å². The minimum Gasteiger partial charge on any atom is -0.375 e. The summed E-state index contributed by atoms with van der Waals surface area (Å²) in [5.74, 6) is -0.0717. The Morgan fingerprint density at radius 3 is 2.90 bits per heavy atom. The number of benzene rings is 1. The summed E-state index contributed by atoms with van der Waals surface area (Å²) in [5.41, 5.74) is 1.77. The molecule has 2 N–H and O–H groups in total. The fraction of sp³-hybridized carbons (Fsp3) is 0.333. The van der Waals surface area contributed by atoms with E-state index in [-0.39, 0.29) is 18.1 Å². The van der Waals surface area contributed by atoms with Crippen molar-refractivity contribution in [2.45, 2.75) is 19.1 Å². The fourth-order valence-electron chi connectivity index (χ4n) is 2.38. The molecule has 1 fully saturated rings. The molecular weight excluding hydrogens is 268 g/mol. The quantitative estimate of drug-likeness (QED) is 0.889. The number of nitrogens with one attached hydrogen (secondary N) is 2. The van der Waals surface area contributed by atoms with E-state index in [0.717, 1.165) is 11.4 Å². The highest BCUT2D eigenvalue weighted by molar-refractivity contribution is 5.95. The first-order chi connectivity index (χ1) is 10.2. The predicted octanol–water partition coefficient (Wildman–Crippen LogP) is 1.19. The van der Waals surface area contributed by atoms with Gasteiger partial charge in [-0.3, -0.25) is 4.79 Å². The van der Waals surface area contributed by atoms with Crippen molar-refractivity contribution in [2.75, 3.05) is 18.5 Å². The Bertz CT molecular complexity index is 595. The maximum Gasteiger partial charge on any atom is 0.244 e. The molecule has 0 spiro atoms.